The molecule has 0 spiro atoms. The van der Waals surface area contributed by atoms with Gasteiger partial charge in [-0.05, 0) is 36.8 Å². The average molecular weight is 350 g/mol. The van der Waals surface area contributed by atoms with Crippen LogP contribution in [0.4, 0.5) is 11.4 Å². The molecule has 2 N–H and O–H groups in total. The number of rotatable bonds is 4. The molecule has 0 aliphatic heterocycles. The topological polar surface area (TPSA) is 64.5 Å². The molecule has 4 rings (SSSR count). The second-order valence-electron chi connectivity index (χ2n) is 6.39. The van der Waals surface area contributed by atoms with Gasteiger partial charge in [-0.3, -0.25) is 4.98 Å². The summed E-state index contributed by atoms with van der Waals surface area (Å²) in [6.45, 7) is 2.04. The Morgan fingerprint density at radius 2 is 1.89 bits per heavy atom. The predicted octanol–water partition coefficient (Wildman–Crippen LogP) is 5.66. The summed E-state index contributed by atoms with van der Waals surface area (Å²) < 4.78 is 0. The Kier molecular flexibility index (Phi) is 4.42. The summed E-state index contributed by atoms with van der Waals surface area (Å²) in [6, 6.07) is 20.5. The average Bonchev–Trinajstić information content (AvgIpc) is 3.07. The molecule has 0 atom stereocenters. The molecule has 0 bridgehead atoms. The number of hydrogen-bond acceptors (Lipinski definition) is 3. The van der Waals surface area contributed by atoms with Crippen molar-refractivity contribution in [1.29, 1.82) is 5.26 Å². The van der Waals surface area contributed by atoms with Crippen LogP contribution in [0.15, 0.2) is 67.0 Å². The van der Waals surface area contributed by atoms with Crippen LogP contribution in [0.5, 0.6) is 0 Å². The molecule has 0 aliphatic rings. The first-order valence-corrected chi connectivity index (χ1v) is 8.70. The van der Waals surface area contributed by atoms with Crippen molar-refractivity contribution in [3.63, 3.8) is 0 Å². The summed E-state index contributed by atoms with van der Waals surface area (Å²) in [7, 11) is 0. The van der Waals surface area contributed by atoms with Gasteiger partial charge >= 0.3 is 0 Å². The maximum absolute atomic E-state index is 9.52. The number of aryl methyl sites for hydroxylation is 1. The number of pyridine rings is 1. The zero-order valence-corrected chi connectivity index (χ0v) is 14.9. The Morgan fingerprint density at radius 1 is 1.04 bits per heavy atom. The van der Waals surface area contributed by atoms with E-state index in [0.717, 1.165) is 39.1 Å². The van der Waals surface area contributed by atoms with Gasteiger partial charge in [0.2, 0.25) is 0 Å². The molecule has 0 unspecified atom stereocenters. The van der Waals surface area contributed by atoms with Crippen LogP contribution in [-0.4, -0.2) is 9.97 Å². The van der Waals surface area contributed by atoms with E-state index in [1.165, 1.54) is 0 Å². The number of aromatic amines is 1. The number of nitrogens with zero attached hydrogens (tertiary/aromatic N) is 2. The van der Waals surface area contributed by atoms with Crippen LogP contribution < -0.4 is 5.32 Å². The highest BCUT2D eigenvalue weighted by Crippen LogP contribution is 2.28. The maximum Gasteiger partial charge on any atom is 0.103 e. The molecule has 0 aliphatic carbocycles. The van der Waals surface area contributed by atoms with Crippen molar-refractivity contribution >= 4 is 34.4 Å². The molecule has 2 aromatic carbocycles. The largest absolute Gasteiger partial charge is 0.359 e. The lowest BCUT2D eigenvalue weighted by Gasteiger charge is -2.11. The number of benzene rings is 2. The van der Waals surface area contributed by atoms with Crippen molar-refractivity contribution in [2.24, 2.45) is 0 Å². The first kappa shape index (κ1) is 16.6. The minimum Gasteiger partial charge on any atom is -0.359 e. The molecular weight excluding hydrogens is 332 g/mol. The molecule has 0 amide bonds. The van der Waals surface area contributed by atoms with Gasteiger partial charge in [-0.2, -0.15) is 5.26 Å². The fourth-order valence-corrected chi connectivity index (χ4v) is 3.08. The van der Waals surface area contributed by atoms with E-state index >= 15 is 0 Å². The summed E-state index contributed by atoms with van der Waals surface area (Å²) in [6.07, 6.45) is 7.34. The zero-order chi connectivity index (χ0) is 18.6. The first-order valence-electron chi connectivity index (χ1n) is 8.70. The monoisotopic (exact) mass is 350 g/mol. The Hall–Kier alpha value is -3.84. The van der Waals surface area contributed by atoms with Gasteiger partial charge < -0.3 is 10.3 Å². The Morgan fingerprint density at radius 3 is 2.70 bits per heavy atom. The fourth-order valence-electron chi connectivity index (χ4n) is 3.08. The first-order chi connectivity index (χ1) is 13.2. The molecule has 130 valence electrons. The summed E-state index contributed by atoms with van der Waals surface area (Å²) in [4.78, 5) is 7.53. The van der Waals surface area contributed by atoms with Crippen molar-refractivity contribution in [3.8, 4) is 6.07 Å². The van der Waals surface area contributed by atoms with Gasteiger partial charge in [0.25, 0.3) is 0 Å². The Bertz CT molecular complexity index is 1160. The van der Waals surface area contributed by atoms with Crippen LogP contribution in [0.1, 0.15) is 22.4 Å². The molecule has 2 aromatic heterocycles. The number of aromatic nitrogens is 2. The number of nitriles is 1. The van der Waals surface area contributed by atoms with Gasteiger partial charge in [0.05, 0.1) is 11.3 Å². The van der Waals surface area contributed by atoms with E-state index in [4.69, 9.17) is 0 Å². The van der Waals surface area contributed by atoms with Crippen molar-refractivity contribution < 1.29 is 0 Å². The normalized spacial score (nSPS) is 11.0. The van der Waals surface area contributed by atoms with E-state index < -0.39 is 0 Å². The standard InChI is InChI=1S/C23H18N4/c1-16-11-19-12-21(9-10-22(19)26-16)27-23-18(14-25-15-20(23)13-24)8-7-17-5-3-2-4-6-17/h2-12,14-15,26H,1H3,(H,25,27). The zero-order valence-electron chi connectivity index (χ0n) is 14.9. The van der Waals surface area contributed by atoms with E-state index in [1.54, 1.807) is 12.4 Å². The predicted molar refractivity (Wildman–Crippen MR) is 111 cm³/mol. The third-order valence-corrected chi connectivity index (χ3v) is 4.38. The van der Waals surface area contributed by atoms with Crippen LogP contribution in [0.3, 0.4) is 0 Å². The molecule has 0 radical (unpaired) electrons. The van der Waals surface area contributed by atoms with Gasteiger partial charge in [0.1, 0.15) is 6.07 Å². The molecule has 2 heterocycles. The molecule has 4 aromatic rings. The third-order valence-electron chi connectivity index (χ3n) is 4.38. The van der Waals surface area contributed by atoms with Gasteiger partial charge in [0.15, 0.2) is 0 Å². The Balaban J connectivity index is 1.71. The fraction of sp³-hybridized carbons (Fsp3) is 0.0435. The lowest BCUT2D eigenvalue weighted by Crippen LogP contribution is -1.97. The second-order valence-corrected chi connectivity index (χ2v) is 6.39. The quantitative estimate of drug-likeness (QED) is 0.499. The van der Waals surface area contributed by atoms with Crippen molar-refractivity contribution in [2.75, 3.05) is 5.32 Å². The highest BCUT2D eigenvalue weighted by Gasteiger charge is 2.09. The number of hydrogen-bond donors (Lipinski definition) is 2. The van der Waals surface area contributed by atoms with E-state index in [9.17, 15) is 5.26 Å². The van der Waals surface area contributed by atoms with E-state index in [1.807, 2.05) is 61.5 Å². The van der Waals surface area contributed by atoms with Gasteiger partial charge in [-0.1, -0.05) is 42.5 Å². The smallest absolute Gasteiger partial charge is 0.103 e. The second kappa shape index (κ2) is 7.19. The van der Waals surface area contributed by atoms with Crippen LogP contribution >= 0.6 is 0 Å². The van der Waals surface area contributed by atoms with Crippen molar-refractivity contribution in [1.82, 2.24) is 9.97 Å². The van der Waals surface area contributed by atoms with Crippen LogP contribution in [0.25, 0.3) is 23.1 Å². The molecule has 4 nitrogen and oxygen atoms in total. The highest BCUT2D eigenvalue weighted by molar-refractivity contribution is 5.87. The molecule has 0 saturated carbocycles. The Labute approximate surface area is 157 Å². The van der Waals surface area contributed by atoms with Gasteiger partial charge in [-0.25, -0.2) is 0 Å². The van der Waals surface area contributed by atoms with Crippen molar-refractivity contribution in [3.05, 3.63) is 89.4 Å². The molecule has 0 saturated heterocycles. The van der Waals surface area contributed by atoms with E-state index in [0.29, 0.717) is 5.56 Å². The number of H-pyrrole nitrogens is 1. The lowest BCUT2D eigenvalue weighted by atomic mass is 10.1. The lowest BCUT2D eigenvalue weighted by molar-refractivity contribution is 1.29. The number of anilines is 2. The summed E-state index contributed by atoms with van der Waals surface area (Å²) in [5.74, 6) is 0. The van der Waals surface area contributed by atoms with E-state index in [2.05, 4.69) is 33.5 Å². The van der Waals surface area contributed by atoms with Gasteiger partial charge in [0, 0.05) is 40.2 Å². The summed E-state index contributed by atoms with van der Waals surface area (Å²) in [5, 5.41) is 14.1. The summed E-state index contributed by atoms with van der Waals surface area (Å²) in [5.41, 5.74) is 6.37. The number of nitrogens with one attached hydrogen (secondary N) is 2. The number of fused-ring (bicyclic) bond motifs is 1. The molecule has 0 fully saturated rings. The SMILES string of the molecule is Cc1cc2cc(Nc3c(C#N)cncc3C=Cc3ccccc3)ccc2[nH]1. The van der Waals surface area contributed by atoms with Crippen LogP contribution in [-0.2, 0) is 0 Å². The molecule has 4 heteroatoms. The van der Waals surface area contributed by atoms with Crippen LogP contribution in [0.2, 0.25) is 0 Å². The van der Waals surface area contributed by atoms with Crippen molar-refractivity contribution in [2.45, 2.75) is 6.92 Å². The van der Waals surface area contributed by atoms with Gasteiger partial charge in [-0.15, -0.1) is 0 Å². The van der Waals surface area contributed by atoms with Crippen LogP contribution in [0, 0.1) is 18.3 Å². The highest BCUT2D eigenvalue weighted by atomic mass is 14.9. The minimum atomic E-state index is 0.510. The molecular formula is C23H18N4. The minimum absolute atomic E-state index is 0.510. The maximum atomic E-state index is 9.52. The molecule has 27 heavy (non-hydrogen) atoms. The summed E-state index contributed by atoms with van der Waals surface area (Å²) >= 11 is 0. The van der Waals surface area contributed by atoms with E-state index in [-0.39, 0.29) is 0 Å². The third kappa shape index (κ3) is 3.58.